The molecule has 0 atom stereocenters. The number of aromatic nitrogens is 1. The van der Waals surface area contributed by atoms with Crippen molar-refractivity contribution in [3.8, 4) is 0 Å². The molecule has 0 fully saturated rings. The molecular weight excluding hydrogens is 222 g/mol. The van der Waals surface area contributed by atoms with Gasteiger partial charge in [-0.3, -0.25) is 0 Å². The Morgan fingerprint density at radius 3 is 2.89 bits per heavy atom. The fourth-order valence-electron chi connectivity index (χ4n) is 2.33. The van der Waals surface area contributed by atoms with E-state index in [4.69, 9.17) is 4.98 Å². The van der Waals surface area contributed by atoms with Crippen molar-refractivity contribution >= 4 is 5.82 Å². The van der Waals surface area contributed by atoms with Gasteiger partial charge in [0.05, 0.1) is 0 Å². The first-order valence-electron chi connectivity index (χ1n) is 6.88. The summed E-state index contributed by atoms with van der Waals surface area (Å²) in [6.45, 7) is 5.19. The van der Waals surface area contributed by atoms with Crippen LogP contribution in [0.5, 0.6) is 0 Å². The lowest BCUT2D eigenvalue weighted by atomic mass is 10.1. The molecule has 3 heteroatoms. The third-order valence-corrected chi connectivity index (χ3v) is 3.19. The highest BCUT2D eigenvalue weighted by atomic mass is 15.2. The molecule has 1 aromatic heterocycles. The molecule has 1 aromatic rings. The van der Waals surface area contributed by atoms with Crippen molar-refractivity contribution in [2.24, 2.45) is 0 Å². The predicted octanol–water partition coefficient (Wildman–Crippen LogP) is 2.52. The molecular formula is C15H23N3. The normalized spacial score (nSPS) is 15.1. The van der Waals surface area contributed by atoms with Crippen molar-refractivity contribution in [2.75, 3.05) is 25.0 Å². The van der Waals surface area contributed by atoms with Gasteiger partial charge in [0.15, 0.2) is 0 Å². The van der Waals surface area contributed by atoms with E-state index in [1.807, 2.05) is 7.05 Å². The Labute approximate surface area is 110 Å². The zero-order chi connectivity index (χ0) is 12.8. The molecule has 98 valence electrons. The van der Waals surface area contributed by atoms with E-state index in [0.29, 0.717) is 0 Å². The van der Waals surface area contributed by atoms with Crippen LogP contribution >= 0.6 is 0 Å². The minimum atomic E-state index is 0.913. The average molecular weight is 245 g/mol. The average Bonchev–Trinajstić information content (AvgIpc) is 2.40. The first-order valence-corrected chi connectivity index (χ1v) is 6.88. The Morgan fingerprint density at radius 2 is 2.22 bits per heavy atom. The van der Waals surface area contributed by atoms with Crippen LogP contribution in [0.1, 0.15) is 31.0 Å². The quantitative estimate of drug-likeness (QED) is 0.808. The number of nitrogens with zero attached hydrogens (tertiary/aromatic N) is 2. The standard InChI is InChI=1S/C15H23N3/c1-3-7-14-10-13(12-16-2)11-15(17-14)18-8-5-4-6-9-18/h4-5,10-11,16H,3,6-9,12H2,1-2H3. The van der Waals surface area contributed by atoms with Gasteiger partial charge in [0.1, 0.15) is 5.82 Å². The summed E-state index contributed by atoms with van der Waals surface area (Å²) < 4.78 is 0. The fraction of sp³-hybridized carbons (Fsp3) is 0.533. The third kappa shape index (κ3) is 3.33. The predicted molar refractivity (Wildman–Crippen MR) is 77.0 cm³/mol. The van der Waals surface area contributed by atoms with E-state index in [1.54, 1.807) is 0 Å². The number of pyridine rings is 1. The van der Waals surface area contributed by atoms with E-state index < -0.39 is 0 Å². The van der Waals surface area contributed by atoms with Crippen molar-refractivity contribution in [2.45, 2.75) is 32.7 Å². The maximum absolute atomic E-state index is 4.79. The summed E-state index contributed by atoms with van der Waals surface area (Å²) in [6.07, 6.45) is 7.82. The van der Waals surface area contributed by atoms with E-state index in [9.17, 15) is 0 Å². The summed E-state index contributed by atoms with van der Waals surface area (Å²) in [5.41, 5.74) is 2.55. The van der Waals surface area contributed by atoms with Crippen molar-refractivity contribution in [1.82, 2.24) is 10.3 Å². The number of nitrogens with one attached hydrogen (secondary N) is 1. The second-order valence-corrected chi connectivity index (χ2v) is 4.81. The zero-order valence-electron chi connectivity index (χ0n) is 11.4. The number of hydrogen-bond acceptors (Lipinski definition) is 3. The topological polar surface area (TPSA) is 28.2 Å². The van der Waals surface area contributed by atoms with Gasteiger partial charge < -0.3 is 10.2 Å². The molecule has 0 bridgehead atoms. The van der Waals surface area contributed by atoms with Gasteiger partial charge in [-0.2, -0.15) is 0 Å². The number of rotatable bonds is 5. The van der Waals surface area contributed by atoms with Crippen LogP contribution in [0.15, 0.2) is 24.3 Å². The molecule has 18 heavy (non-hydrogen) atoms. The van der Waals surface area contributed by atoms with Crippen molar-refractivity contribution in [3.05, 3.63) is 35.5 Å². The summed E-state index contributed by atoms with van der Waals surface area (Å²) in [6, 6.07) is 4.44. The highest BCUT2D eigenvalue weighted by Crippen LogP contribution is 2.18. The van der Waals surface area contributed by atoms with Gasteiger partial charge in [0.2, 0.25) is 0 Å². The lowest BCUT2D eigenvalue weighted by Gasteiger charge is -2.25. The van der Waals surface area contributed by atoms with Gasteiger partial charge in [0, 0.05) is 25.3 Å². The van der Waals surface area contributed by atoms with E-state index in [-0.39, 0.29) is 0 Å². The highest BCUT2D eigenvalue weighted by Gasteiger charge is 2.11. The van der Waals surface area contributed by atoms with Crippen LogP contribution in [0.2, 0.25) is 0 Å². The summed E-state index contributed by atoms with van der Waals surface area (Å²) in [4.78, 5) is 7.15. The van der Waals surface area contributed by atoms with Crippen LogP contribution in [0.4, 0.5) is 5.82 Å². The van der Waals surface area contributed by atoms with Crippen LogP contribution < -0.4 is 10.2 Å². The Balaban J connectivity index is 2.23. The summed E-state index contributed by atoms with van der Waals surface area (Å²) in [7, 11) is 1.99. The van der Waals surface area contributed by atoms with Crippen LogP contribution in [0, 0.1) is 0 Å². The lowest BCUT2D eigenvalue weighted by molar-refractivity contribution is 0.776. The molecule has 1 aliphatic rings. The molecule has 3 nitrogen and oxygen atoms in total. The summed E-state index contributed by atoms with van der Waals surface area (Å²) in [5, 5.41) is 3.22. The molecule has 0 saturated carbocycles. The van der Waals surface area contributed by atoms with Gasteiger partial charge in [-0.15, -0.1) is 0 Å². The molecule has 0 spiro atoms. The van der Waals surface area contributed by atoms with Gasteiger partial charge >= 0.3 is 0 Å². The molecule has 2 heterocycles. The van der Waals surface area contributed by atoms with Gasteiger partial charge in [-0.05, 0) is 37.6 Å². The molecule has 0 aromatic carbocycles. The van der Waals surface area contributed by atoms with Crippen molar-refractivity contribution in [1.29, 1.82) is 0 Å². The molecule has 0 saturated heterocycles. The molecule has 0 amide bonds. The smallest absolute Gasteiger partial charge is 0.129 e. The third-order valence-electron chi connectivity index (χ3n) is 3.19. The molecule has 1 N–H and O–H groups in total. The van der Waals surface area contributed by atoms with Crippen LogP contribution in [-0.4, -0.2) is 25.1 Å². The fourth-order valence-corrected chi connectivity index (χ4v) is 2.33. The molecule has 0 unspecified atom stereocenters. The lowest BCUT2D eigenvalue weighted by Crippen LogP contribution is -2.28. The van der Waals surface area contributed by atoms with E-state index in [0.717, 1.165) is 44.7 Å². The van der Waals surface area contributed by atoms with Gasteiger partial charge in [-0.25, -0.2) is 4.98 Å². The Kier molecular flexibility index (Phi) is 4.76. The molecule has 0 radical (unpaired) electrons. The summed E-state index contributed by atoms with van der Waals surface area (Å²) in [5.74, 6) is 1.13. The first-order chi connectivity index (χ1) is 8.83. The van der Waals surface area contributed by atoms with Crippen LogP contribution in [0.25, 0.3) is 0 Å². The molecule has 1 aliphatic heterocycles. The van der Waals surface area contributed by atoms with E-state index in [1.165, 1.54) is 11.3 Å². The van der Waals surface area contributed by atoms with Crippen molar-refractivity contribution < 1.29 is 0 Å². The van der Waals surface area contributed by atoms with Gasteiger partial charge in [-0.1, -0.05) is 25.5 Å². The minimum Gasteiger partial charge on any atom is -0.353 e. The second kappa shape index (κ2) is 6.55. The second-order valence-electron chi connectivity index (χ2n) is 4.81. The Morgan fingerprint density at radius 1 is 1.33 bits per heavy atom. The van der Waals surface area contributed by atoms with Gasteiger partial charge in [0.25, 0.3) is 0 Å². The molecule has 0 aliphatic carbocycles. The number of anilines is 1. The molecule has 2 rings (SSSR count). The Hall–Kier alpha value is -1.35. The van der Waals surface area contributed by atoms with Crippen LogP contribution in [-0.2, 0) is 13.0 Å². The van der Waals surface area contributed by atoms with Crippen molar-refractivity contribution in [3.63, 3.8) is 0 Å². The summed E-state index contributed by atoms with van der Waals surface area (Å²) >= 11 is 0. The monoisotopic (exact) mass is 245 g/mol. The van der Waals surface area contributed by atoms with Crippen LogP contribution in [0.3, 0.4) is 0 Å². The van der Waals surface area contributed by atoms with E-state index >= 15 is 0 Å². The number of hydrogen-bond donors (Lipinski definition) is 1. The minimum absolute atomic E-state index is 0.913. The van der Waals surface area contributed by atoms with E-state index in [2.05, 4.69) is 41.4 Å². The zero-order valence-corrected chi connectivity index (χ0v) is 11.4. The highest BCUT2D eigenvalue weighted by molar-refractivity contribution is 5.44. The Bertz CT molecular complexity index is 388. The maximum Gasteiger partial charge on any atom is 0.129 e. The largest absolute Gasteiger partial charge is 0.353 e. The SMILES string of the molecule is CCCc1cc(CNC)cc(N2CC=CCC2)n1. The maximum atomic E-state index is 4.79. The first kappa shape index (κ1) is 13.1. The number of aryl methyl sites for hydroxylation is 1.